The molecule has 2 aromatic rings. The molecule has 1 amide bonds. The van der Waals surface area contributed by atoms with Gasteiger partial charge < -0.3 is 10.6 Å². The zero-order chi connectivity index (χ0) is 17.6. The van der Waals surface area contributed by atoms with Crippen molar-refractivity contribution in [3.8, 4) is 0 Å². The van der Waals surface area contributed by atoms with Gasteiger partial charge in [0.1, 0.15) is 0 Å². The van der Waals surface area contributed by atoms with E-state index in [9.17, 15) is 9.59 Å². The fourth-order valence-electron chi connectivity index (χ4n) is 3.39. The molecule has 1 aliphatic rings. The highest BCUT2D eigenvalue weighted by molar-refractivity contribution is 5.80. The number of nitrogens with one attached hydrogen (secondary N) is 2. The number of amides is 1. The Morgan fingerprint density at radius 3 is 3.12 bits per heavy atom. The van der Waals surface area contributed by atoms with Crippen LogP contribution in [0.1, 0.15) is 31.2 Å². The van der Waals surface area contributed by atoms with Gasteiger partial charge in [0.25, 0.3) is 5.56 Å². The van der Waals surface area contributed by atoms with Crippen LogP contribution < -0.4 is 16.2 Å². The first-order valence-corrected chi connectivity index (χ1v) is 9.07. The van der Waals surface area contributed by atoms with Crippen molar-refractivity contribution in [1.29, 1.82) is 0 Å². The Hall–Kier alpha value is -2.21. The Labute approximate surface area is 147 Å². The van der Waals surface area contributed by atoms with Crippen LogP contribution in [0.4, 0.5) is 0 Å². The summed E-state index contributed by atoms with van der Waals surface area (Å²) in [5.41, 5.74) is 1.63. The Balaban J connectivity index is 1.51. The number of carbonyl (C=O) groups excluding carboxylic acids is 1. The summed E-state index contributed by atoms with van der Waals surface area (Å²) in [5.74, 6) is 0.643. The molecule has 1 atom stereocenters. The van der Waals surface area contributed by atoms with E-state index < -0.39 is 0 Å². The van der Waals surface area contributed by atoms with Gasteiger partial charge in [-0.25, -0.2) is 4.98 Å². The standard InChI is InChI=1S/C19H26N4O2/c1-14-4-2-6-16-18(14)22-13-23(19(16)25)11-8-17(24)21-10-7-15-5-3-9-20-12-15/h2,4,6,13,15,20H,3,5,7-12H2,1H3,(H,21,24). The summed E-state index contributed by atoms with van der Waals surface area (Å²) in [6.45, 7) is 5.15. The van der Waals surface area contributed by atoms with Crippen LogP contribution in [0, 0.1) is 12.8 Å². The molecule has 1 aromatic heterocycles. The zero-order valence-electron chi connectivity index (χ0n) is 14.8. The molecule has 1 saturated heterocycles. The van der Waals surface area contributed by atoms with Crippen LogP contribution in [0.15, 0.2) is 29.3 Å². The molecule has 0 radical (unpaired) electrons. The number of carbonyl (C=O) groups is 1. The number of hydrogen-bond donors (Lipinski definition) is 2. The average molecular weight is 342 g/mol. The predicted molar refractivity (Wildman–Crippen MR) is 98.6 cm³/mol. The predicted octanol–water partition coefficient (Wildman–Crippen LogP) is 1.60. The summed E-state index contributed by atoms with van der Waals surface area (Å²) in [7, 11) is 0. The summed E-state index contributed by atoms with van der Waals surface area (Å²) in [6, 6.07) is 5.58. The van der Waals surface area contributed by atoms with Crippen molar-refractivity contribution in [2.45, 2.75) is 39.2 Å². The van der Waals surface area contributed by atoms with Gasteiger partial charge in [-0.05, 0) is 56.8 Å². The van der Waals surface area contributed by atoms with Crippen LogP contribution in [0.2, 0.25) is 0 Å². The molecule has 3 rings (SSSR count). The van der Waals surface area contributed by atoms with Crippen LogP contribution in [0.5, 0.6) is 0 Å². The number of fused-ring (bicyclic) bond motifs is 1. The number of rotatable bonds is 6. The van der Waals surface area contributed by atoms with Crippen molar-refractivity contribution in [2.24, 2.45) is 5.92 Å². The van der Waals surface area contributed by atoms with Crippen LogP contribution in [-0.4, -0.2) is 35.1 Å². The van der Waals surface area contributed by atoms with Gasteiger partial charge in [-0.3, -0.25) is 14.2 Å². The fourth-order valence-corrected chi connectivity index (χ4v) is 3.39. The van der Waals surface area contributed by atoms with E-state index in [1.807, 2.05) is 19.1 Å². The first-order chi connectivity index (χ1) is 12.1. The lowest BCUT2D eigenvalue weighted by Gasteiger charge is -2.22. The maximum atomic E-state index is 12.5. The van der Waals surface area contributed by atoms with Gasteiger partial charge >= 0.3 is 0 Å². The highest BCUT2D eigenvalue weighted by Crippen LogP contribution is 2.13. The molecule has 0 aliphatic carbocycles. The van der Waals surface area contributed by atoms with Crippen molar-refractivity contribution in [3.05, 3.63) is 40.4 Å². The minimum atomic E-state index is -0.0882. The van der Waals surface area contributed by atoms with Crippen LogP contribution >= 0.6 is 0 Å². The lowest BCUT2D eigenvalue weighted by Crippen LogP contribution is -2.33. The van der Waals surface area contributed by atoms with Gasteiger partial charge in [-0.15, -0.1) is 0 Å². The number of nitrogens with zero attached hydrogens (tertiary/aromatic N) is 2. The van der Waals surface area contributed by atoms with Crippen LogP contribution in [0.3, 0.4) is 0 Å². The van der Waals surface area contributed by atoms with Crippen molar-refractivity contribution in [1.82, 2.24) is 20.2 Å². The van der Waals surface area contributed by atoms with E-state index in [4.69, 9.17) is 0 Å². The smallest absolute Gasteiger partial charge is 0.261 e. The van der Waals surface area contributed by atoms with Crippen molar-refractivity contribution >= 4 is 16.8 Å². The minimum absolute atomic E-state index is 0.0139. The normalized spacial score (nSPS) is 17.6. The zero-order valence-corrected chi connectivity index (χ0v) is 14.8. The molecular formula is C19H26N4O2. The Morgan fingerprint density at radius 1 is 1.44 bits per heavy atom. The molecule has 1 aliphatic heterocycles. The number of aromatic nitrogens is 2. The SMILES string of the molecule is Cc1cccc2c(=O)n(CCC(=O)NCCC3CCCNC3)cnc12. The molecule has 2 N–H and O–H groups in total. The molecule has 6 nitrogen and oxygen atoms in total. The molecule has 0 spiro atoms. The van der Waals surface area contributed by atoms with Gasteiger partial charge in [0.05, 0.1) is 17.2 Å². The fraction of sp³-hybridized carbons (Fsp3) is 0.526. The Bertz CT molecular complexity index is 794. The summed E-state index contributed by atoms with van der Waals surface area (Å²) in [5, 5.41) is 6.95. The van der Waals surface area contributed by atoms with Gasteiger partial charge in [-0.2, -0.15) is 0 Å². The Morgan fingerprint density at radius 2 is 2.32 bits per heavy atom. The molecule has 25 heavy (non-hydrogen) atoms. The molecule has 2 heterocycles. The van der Waals surface area contributed by atoms with Gasteiger partial charge in [-0.1, -0.05) is 12.1 Å². The molecule has 134 valence electrons. The largest absolute Gasteiger partial charge is 0.356 e. The summed E-state index contributed by atoms with van der Waals surface area (Å²) in [6.07, 6.45) is 5.30. The highest BCUT2D eigenvalue weighted by atomic mass is 16.1. The van der Waals surface area contributed by atoms with Crippen LogP contribution in [0.25, 0.3) is 10.9 Å². The number of piperidine rings is 1. The first-order valence-electron chi connectivity index (χ1n) is 9.07. The molecule has 6 heteroatoms. The van der Waals surface area contributed by atoms with Gasteiger partial charge in [0.2, 0.25) is 5.91 Å². The van der Waals surface area contributed by atoms with E-state index in [1.54, 1.807) is 12.4 Å². The third-order valence-corrected chi connectivity index (χ3v) is 4.91. The molecule has 1 aromatic carbocycles. The van der Waals surface area contributed by atoms with E-state index in [1.165, 1.54) is 17.4 Å². The molecule has 1 unspecified atom stereocenters. The van der Waals surface area contributed by atoms with Crippen molar-refractivity contribution in [3.63, 3.8) is 0 Å². The lowest BCUT2D eigenvalue weighted by atomic mass is 9.96. The topological polar surface area (TPSA) is 76.0 Å². The second-order valence-electron chi connectivity index (χ2n) is 6.82. The second kappa shape index (κ2) is 8.25. The molecule has 0 saturated carbocycles. The number of hydrogen-bond acceptors (Lipinski definition) is 4. The summed E-state index contributed by atoms with van der Waals surface area (Å²) >= 11 is 0. The van der Waals surface area contributed by atoms with E-state index in [2.05, 4.69) is 15.6 Å². The van der Waals surface area contributed by atoms with Crippen LogP contribution in [-0.2, 0) is 11.3 Å². The summed E-state index contributed by atoms with van der Waals surface area (Å²) in [4.78, 5) is 28.9. The minimum Gasteiger partial charge on any atom is -0.356 e. The highest BCUT2D eigenvalue weighted by Gasteiger charge is 2.13. The third-order valence-electron chi connectivity index (χ3n) is 4.91. The van der Waals surface area contributed by atoms with E-state index in [-0.39, 0.29) is 11.5 Å². The van der Waals surface area contributed by atoms with Gasteiger partial charge in [0, 0.05) is 19.5 Å². The van der Waals surface area contributed by atoms with Gasteiger partial charge in [0.15, 0.2) is 0 Å². The molecule has 1 fully saturated rings. The second-order valence-corrected chi connectivity index (χ2v) is 6.82. The number of benzene rings is 1. The van der Waals surface area contributed by atoms with E-state index in [0.29, 0.717) is 30.8 Å². The maximum absolute atomic E-state index is 12.5. The average Bonchev–Trinajstić information content (AvgIpc) is 2.63. The lowest BCUT2D eigenvalue weighted by molar-refractivity contribution is -0.121. The number of para-hydroxylation sites is 1. The first kappa shape index (κ1) is 17.6. The van der Waals surface area contributed by atoms with E-state index in [0.717, 1.165) is 30.6 Å². The third kappa shape index (κ3) is 4.45. The Kier molecular flexibility index (Phi) is 5.81. The van der Waals surface area contributed by atoms with Crippen molar-refractivity contribution < 1.29 is 4.79 Å². The summed E-state index contributed by atoms with van der Waals surface area (Å²) < 4.78 is 1.52. The van der Waals surface area contributed by atoms with Crippen molar-refractivity contribution in [2.75, 3.05) is 19.6 Å². The quantitative estimate of drug-likeness (QED) is 0.836. The monoisotopic (exact) mass is 342 g/mol. The molecular weight excluding hydrogens is 316 g/mol. The van der Waals surface area contributed by atoms with E-state index >= 15 is 0 Å². The molecule has 0 bridgehead atoms. The number of aryl methyl sites for hydroxylation is 2. The maximum Gasteiger partial charge on any atom is 0.261 e.